The fourth-order valence-electron chi connectivity index (χ4n) is 3.91. The van der Waals surface area contributed by atoms with Crippen molar-refractivity contribution in [1.29, 1.82) is 0 Å². The van der Waals surface area contributed by atoms with Gasteiger partial charge in [-0.1, -0.05) is 30.5 Å². The molecule has 1 aliphatic heterocycles. The van der Waals surface area contributed by atoms with Crippen molar-refractivity contribution >= 4 is 28.4 Å². The number of amides is 1. The molecule has 1 amide bonds. The molecule has 0 saturated carbocycles. The molecule has 31 heavy (non-hydrogen) atoms. The van der Waals surface area contributed by atoms with Gasteiger partial charge in [-0.2, -0.15) is 0 Å². The van der Waals surface area contributed by atoms with Gasteiger partial charge in [0.2, 0.25) is 0 Å². The second-order valence-electron chi connectivity index (χ2n) is 7.91. The number of hydrogen-bond acceptors (Lipinski definition) is 4. The first kappa shape index (κ1) is 21.4. The van der Waals surface area contributed by atoms with Crippen LogP contribution in [0.25, 0.3) is 10.9 Å². The molecule has 0 atom stereocenters. The lowest BCUT2D eigenvalue weighted by Gasteiger charge is -2.19. The van der Waals surface area contributed by atoms with Crippen LogP contribution >= 0.6 is 11.6 Å². The van der Waals surface area contributed by atoms with Crippen LogP contribution in [0.5, 0.6) is 5.75 Å². The lowest BCUT2D eigenvalue weighted by atomic mass is 10.1. The lowest BCUT2D eigenvalue weighted by molar-refractivity contribution is 0.0774. The van der Waals surface area contributed by atoms with E-state index >= 15 is 0 Å². The van der Waals surface area contributed by atoms with E-state index in [0.717, 1.165) is 37.9 Å². The van der Waals surface area contributed by atoms with Crippen molar-refractivity contribution in [1.82, 2.24) is 14.5 Å². The topological polar surface area (TPSA) is 64.4 Å². The highest BCUT2D eigenvalue weighted by atomic mass is 35.5. The van der Waals surface area contributed by atoms with E-state index in [2.05, 4.69) is 0 Å². The SMILES string of the molecule is CN(CCOc1cccc(Cl)c1)C(=O)c1ccc2c(=O)n3c(nc2c1)CCCCCC3. The Hall–Kier alpha value is -2.86. The zero-order valence-corrected chi connectivity index (χ0v) is 18.4. The predicted molar refractivity (Wildman–Crippen MR) is 122 cm³/mol. The first-order valence-electron chi connectivity index (χ1n) is 10.7. The molecule has 1 aliphatic rings. The maximum Gasteiger partial charge on any atom is 0.261 e. The Morgan fingerprint density at radius 1 is 1.16 bits per heavy atom. The van der Waals surface area contributed by atoms with Gasteiger partial charge in [-0.3, -0.25) is 14.2 Å². The first-order valence-corrected chi connectivity index (χ1v) is 11.1. The zero-order valence-electron chi connectivity index (χ0n) is 17.6. The van der Waals surface area contributed by atoms with E-state index in [4.69, 9.17) is 21.3 Å². The van der Waals surface area contributed by atoms with Crippen molar-refractivity contribution < 1.29 is 9.53 Å². The molecule has 2 heterocycles. The number of aromatic nitrogens is 2. The Morgan fingerprint density at radius 3 is 2.84 bits per heavy atom. The maximum atomic E-state index is 13.0. The zero-order chi connectivity index (χ0) is 21.8. The van der Waals surface area contributed by atoms with E-state index in [0.29, 0.717) is 46.9 Å². The minimum Gasteiger partial charge on any atom is -0.492 e. The first-order chi connectivity index (χ1) is 15.0. The van der Waals surface area contributed by atoms with Crippen molar-refractivity contribution in [2.75, 3.05) is 20.2 Å². The molecule has 4 rings (SSSR count). The number of fused-ring (bicyclic) bond motifs is 2. The van der Waals surface area contributed by atoms with Crippen molar-refractivity contribution in [2.24, 2.45) is 0 Å². The fraction of sp³-hybridized carbons (Fsp3) is 0.375. The quantitative estimate of drug-likeness (QED) is 0.594. The number of benzene rings is 2. The van der Waals surface area contributed by atoms with Gasteiger partial charge in [0.15, 0.2) is 0 Å². The average molecular weight is 440 g/mol. The third kappa shape index (κ3) is 4.90. The van der Waals surface area contributed by atoms with Crippen LogP contribution in [0.2, 0.25) is 5.02 Å². The summed E-state index contributed by atoms with van der Waals surface area (Å²) in [4.78, 5) is 32.2. The van der Waals surface area contributed by atoms with Crippen LogP contribution in [0, 0.1) is 0 Å². The summed E-state index contributed by atoms with van der Waals surface area (Å²) in [7, 11) is 1.73. The van der Waals surface area contributed by atoms with Crippen molar-refractivity contribution in [3.8, 4) is 5.75 Å². The molecule has 0 unspecified atom stereocenters. The summed E-state index contributed by atoms with van der Waals surface area (Å²) in [5.74, 6) is 1.36. The summed E-state index contributed by atoms with van der Waals surface area (Å²) in [5, 5.41) is 1.17. The van der Waals surface area contributed by atoms with Crippen LogP contribution in [0.15, 0.2) is 47.3 Å². The van der Waals surface area contributed by atoms with E-state index in [-0.39, 0.29) is 11.5 Å². The number of carbonyl (C=O) groups excluding carboxylic acids is 1. The largest absolute Gasteiger partial charge is 0.492 e. The minimum absolute atomic E-state index is 0.0100. The predicted octanol–water partition coefficient (Wildman–Crippen LogP) is 4.32. The fourth-order valence-corrected chi connectivity index (χ4v) is 4.09. The molecule has 0 saturated heterocycles. The molecule has 0 bridgehead atoms. The van der Waals surface area contributed by atoms with Gasteiger partial charge in [-0.25, -0.2) is 4.98 Å². The molecule has 6 nitrogen and oxygen atoms in total. The van der Waals surface area contributed by atoms with E-state index in [9.17, 15) is 9.59 Å². The van der Waals surface area contributed by atoms with E-state index < -0.39 is 0 Å². The number of halogens is 1. The number of hydrogen-bond donors (Lipinski definition) is 0. The molecular weight excluding hydrogens is 414 g/mol. The van der Waals surface area contributed by atoms with Crippen LogP contribution in [-0.4, -0.2) is 40.6 Å². The number of rotatable bonds is 5. The van der Waals surface area contributed by atoms with Gasteiger partial charge in [0.1, 0.15) is 18.2 Å². The average Bonchev–Trinajstić information content (AvgIpc) is 2.74. The monoisotopic (exact) mass is 439 g/mol. The summed E-state index contributed by atoms with van der Waals surface area (Å²) in [6.45, 7) is 1.49. The Kier molecular flexibility index (Phi) is 6.56. The Bertz CT molecular complexity index is 1160. The summed E-state index contributed by atoms with van der Waals surface area (Å²) >= 11 is 5.96. The van der Waals surface area contributed by atoms with E-state index in [1.54, 1.807) is 42.3 Å². The molecule has 3 aromatic rings. The smallest absolute Gasteiger partial charge is 0.261 e. The Balaban J connectivity index is 1.49. The molecule has 0 aliphatic carbocycles. The van der Waals surface area contributed by atoms with Gasteiger partial charge < -0.3 is 9.64 Å². The molecule has 162 valence electrons. The number of ether oxygens (including phenoxy) is 1. The number of nitrogens with zero attached hydrogens (tertiary/aromatic N) is 3. The molecule has 2 aromatic carbocycles. The maximum absolute atomic E-state index is 13.0. The molecule has 0 spiro atoms. The second-order valence-corrected chi connectivity index (χ2v) is 8.35. The van der Waals surface area contributed by atoms with Crippen LogP contribution in [0.1, 0.15) is 41.9 Å². The van der Waals surface area contributed by atoms with Gasteiger partial charge in [-0.15, -0.1) is 0 Å². The van der Waals surface area contributed by atoms with Gasteiger partial charge in [0, 0.05) is 30.6 Å². The van der Waals surface area contributed by atoms with Crippen LogP contribution in [0.4, 0.5) is 0 Å². The highest BCUT2D eigenvalue weighted by Crippen LogP contribution is 2.18. The number of likely N-dealkylation sites (N-methyl/N-ethyl adjacent to an activating group) is 1. The van der Waals surface area contributed by atoms with E-state index in [1.165, 1.54) is 0 Å². The molecule has 0 fully saturated rings. The lowest BCUT2D eigenvalue weighted by Crippen LogP contribution is -2.31. The van der Waals surface area contributed by atoms with Crippen molar-refractivity contribution in [3.63, 3.8) is 0 Å². The number of aryl methyl sites for hydroxylation is 1. The molecular formula is C24H26ClN3O3. The Morgan fingerprint density at radius 2 is 2.00 bits per heavy atom. The van der Waals surface area contributed by atoms with Gasteiger partial charge in [0.05, 0.1) is 17.4 Å². The highest BCUT2D eigenvalue weighted by Gasteiger charge is 2.16. The summed E-state index contributed by atoms with van der Waals surface area (Å²) < 4.78 is 7.49. The summed E-state index contributed by atoms with van der Waals surface area (Å²) in [5.41, 5.74) is 1.09. The number of carbonyl (C=O) groups is 1. The molecule has 1 aromatic heterocycles. The van der Waals surface area contributed by atoms with Crippen LogP contribution in [-0.2, 0) is 13.0 Å². The van der Waals surface area contributed by atoms with Crippen molar-refractivity contribution in [2.45, 2.75) is 38.6 Å². The van der Waals surface area contributed by atoms with Crippen LogP contribution in [0.3, 0.4) is 0 Å². The third-order valence-electron chi connectivity index (χ3n) is 5.65. The highest BCUT2D eigenvalue weighted by molar-refractivity contribution is 6.30. The van der Waals surface area contributed by atoms with E-state index in [1.807, 2.05) is 16.7 Å². The van der Waals surface area contributed by atoms with Gasteiger partial charge in [0.25, 0.3) is 11.5 Å². The molecule has 7 heteroatoms. The summed E-state index contributed by atoms with van der Waals surface area (Å²) in [6.07, 6.45) is 5.13. The van der Waals surface area contributed by atoms with Crippen LogP contribution < -0.4 is 10.3 Å². The molecule has 0 radical (unpaired) electrons. The van der Waals surface area contributed by atoms with Crippen molar-refractivity contribution in [3.05, 3.63) is 69.2 Å². The third-order valence-corrected chi connectivity index (χ3v) is 5.89. The normalized spacial score (nSPS) is 13.9. The second kappa shape index (κ2) is 9.52. The Labute approximate surface area is 186 Å². The summed E-state index contributed by atoms with van der Waals surface area (Å²) in [6, 6.07) is 12.3. The minimum atomic E-state index is -0.134. The molecule has 0 N–H and O–H groups in total. The van der Waals surface area contributed by atoms with Gasteiger partial charge in [-0.05, 0) is 49.2 Å². The standard InChI is InChI=1S/C24H26ClN3O3/c1-27(13-14-31-19-8-6-7-18(25)16-19)23(29)17-10-11-20-21(15-17)26-22-9-4-2-3-5-12-28(22)24(20)30/h6-8,10-11,15-16H,2-5,9,12-14H2,1H3. The van der Waals surface area contributed by atoms with Gasteiger partial charge >= 0.3 is 0 Å².